The largest absolute Gasteiger partial charge is 0.461 e. The van der Waals surface area contributed by atoms with E-state index in [2.05, 4.69) is 12.2 Å². The number of nitrogens with one attached hydrogen (secondary N) is 1. The van der Waals surface area contributed by atoms with E-state index < -0.39 is 6.09 Å². The third-order valence-electron chi connectivity index (χ3n) is 3.80. The van der Waals surface area contributed by atoms with Crippen LogP contribution in [0.15, 0.2) is 59.0 Å². The van der Waals surface area contributed by atoms with Crippen molar-refractivity contribution >= 4 is 35.2 Å². The van der Waals surface area contributed by atoms with Crippen LogP contribution in [0, 0.1) is 0 Å². The van der Waals surface area contributed by atoms with Crippen molar-refractivity contribution in [2.75, 3.05) is 5.32 Å². The first-order valence-electron chi connectivity index (χ1n) is 8.25. The number of benzene rings is 2. The number of furan rings is 1. The SMILES string of the molecule is CCCCc1cc2cc(NC(=O)OCc3ccccc3)ccc2o1.Cl. The highest BCUT2D eigenvalue weighted by Gasteiger charge is 2.07. The van der Waals surface area contributed by atoms with Gasteiger partial charge in [-0.3, -0.25) is 5.32 Å². The predicted octanol–water partition coefficient (Wildman–Crippen LogP) is 5.95. The Balaban J connectivity index is 0.00000225. The van der Waals surface area contributed by atoms with Gasteiger partial charge in [0.15, 0.2) is 0 Å². The second kappa shape index (κ2) is 9.14. The lowest BCUT2D eigenvalue weighted by Crippen LogP contribution is -2.13. The summed E-state index contributed by atoms with van der Waals surface area (Å²) in [6.07, 6.45) is 2.72. The van der Waals surface area contributed by atoms with Crippen LogP contribution in [0.3, 0.4) is 0 Å². The number of aryl methyl sites for hydroxylation is 1. The van der Waals surface area contributed by atoms with Crippen molar-refractivity contribution < 1.29 is 13.9 Å². The lowest BCUT2D eigenvalue weighted by Gasteiger charge is -2.07. The van der Waals surface area contributed by atoms with Crippen LogP contribution in [0.25, 0.3) is 11.0 Å². The van der Waals surface area contributed by atoms with Crippen molar-refractivity contribution in [1.29, 1.82) is 0 Å². The molecule has 25 heavy (non-hydrogen) atoms. The monoisotopic (exact) mass is 359 g/mol. The van der Waals surface area contributed by atoms with Crippen LogP contribution in [0.1, 0.15) is 31.1 Å². The van der Waals surface area contributed by atoms with Gasteiger partial charge in [0.2, 0.25) is 0 Å². The van der Waals surface area contributed by atoms with Gasteiger partial charge in [0.1, 0.15) is 18.0 Å². The van der Waals surface area contributed by atoms with E-state index in [1.54, 1.807) is 0 Å². The summed E-state index contributed by atoms with van der Waals surface area (Å²) in [6.45, 7) is 2.41. The van der Waals surface area contributed by atoms with E-state index in [0.717, 1.165) is 41.6 Å². The smallest absolute Gasteiger partial charge is 0.411 e. The van der Waals surface area contributed by atoms with Gasteiger partial charge in [0.05, 0.1) is 0 Å². The van der Waals surface area contributed by atoms with Crippen molar-refractivity contribution in [3.63, 3.8) is 0 Å². The second-order valence-electron chi connectivity index (χ2n) is 5.76. The fraction of sp³-hybridized carbons (Fsp3) is 0.250. The average Bonchev–Trinajstić information content (AvgIpc) is 3.01. The molecular formula is C20H22ClNO3. The molecule has 0 spiro atoms. The van der Waals surface area contributed by atoms with Gasteiger partial charge >= 0.3 is 6.09 Å². The van der Waals surface area contributed by atoms with Crippen LogP contribution < -0.4 is 5.32 Å². The standard InChI is InChI=1S/C20H21NO3.ClH/c1-2-3-9-18-13-16-12-17(10-11-19(16)24-18)21-20(22)23-14-15-7-5-4-6-8-15;/h4-8,10-13H,2-3,9,14H2,1H3,(H,21,22);1H. The number of hydrogen-bond acceptors (Lipinski definition) is 3. The number of hydrogen-bond donors (Lipinski definition) is 1. The minimum atomic E-state index is -0.465. The van der Waals surface area contributed by atoms with E-state index in [0.29, 0.717) is 5.69 Å². The van der Waals surface area contributed by atoms with E-state index in [1.165, 1.54) is 0 Å². The molecule has 0 atom stereocenters. The number of ether oxygens (including phenoxy) is 1. The van der Waals surface area contributed by atoms with Gasteiger partial charge < -0.3 is 9.15 Å². The van der Waals surface area contributed by atoms with Gasteiger partial charge in [-0.15, -0.1) is 12.4 Å². The average molecular weight is 360 g/mol. The Morgan fingerprint density at radius 3 is 2.68 bits per heavy atom. The van der Waals surface area contributed by atoms with E-state index >= 15 is 0 Å². The molecule has 0 saturated heterocycles. The zero-order chi connectivity index (χ0) is 16.8. The molecule has 1 amide bonds. The Kier molecular flexibility index (Phi) is 6.90. The van der Waals surface area contributed by atoms with Crippen molar-refractivity contribution in [2.24, 2.45) is 0 Å². The predicted molar refractivity (Wildman–Crippen MR) is 102 cm³/mol. The fourth-order valence-corrected chi connectivity index (χ4v) is 2.53. The first-order chi connectivity index (χ1) is 11.7. The highest BCUT2D eigenvalue weighted by molar-refractivity contribution is 5.89. The minimum Gasteiger partial charge on any atom is -0.461 e. The van der Waals surface area contributed by atoms with Gasteiger partial charge in [0, 0.05) is 17.5 Å². The summed E-state index contributed by atoms with van der Waals surface area (Å²) < 4.78 is 11.0. The first kappa shape index (κ1) is 18.9. The van der Waals surface area contributed by atoms with Gasteiger partial charge in [-0.05, 0) is 36.2 Å². The number of carbonyl (C=O) groups is 1. The number of carbonyl (C=O) groups excluding carboxylic acids is 1. The molecule has 0 bridgehead atoms. The molecule has 1 heterocycles. The molecule has 0 unspecified atom stereocenters. The number of rotatable bonds is 6. The number of unbranched alkanes of at least 4 members (excludes halogenated alkanes) is 1. The molecule has 5 heteroatoms. The Morgan fingerprint density at radius 1 is 1.12 bits per heavy atom. The first-order valence-corrected chi connectivity index (χ1v) is 8.25. The molecule has 0 radical (unpaired) electrons. The Bertz CT molecular complexity index is 814. The van der Waals surface area contributed by atoms with Gasteiger partial charge in [0.25, 0.3) is 0 Å². The summed E-state index contributed by atoms with van der Waals surface area (Å²) in [5.41, 5.74) is 2.49. The molecular weight excluding hydrogens is 338 g/mol. The van der Waals surface area contributed by atoms with Crippen molar-refractivity contribution in [2.45, 2.75) is 32.8 Å². The van der Waals surface area contributed by atoms with Crippen LogP contribution in [0.2, 0.25) is 0 Å². The summed E-state index contributed by atoms with van der Waals surface area (Å²) in [6, 6.07) is 17.2. The van der Waals surface area contributed by atoms with Crippen LogP contribution in [-0.2, 0) is 17.8 Å². The van der Waals surface area contributed by atoms with E-state index in [-0.39, 0.29) is 19.0 Å². The van der Waals surface area contributed by atoms with Crippen LogP contribution in [-0.4, -0.2) is 6.09 Å². The van der Waals surface area contributed by atoms with Crippen molar-refractivity contribution in [3.8, 4) is 0 Å². The summed E-state index contributed by atoms with van der Waals surface area (Å²) in [7, 11) is 0. The van der Waals surface area contributed by atoms with Crippen LogP contribution >= 0.6 is 12.4 Å². The maximum atomic E-state index is 11.9. The minimum absolute atomic E-state index is 0. The summed E-state index contributed by atoms with van der Waals surface area (Å²) in [4.78, 5) is 11.9. The van der Waals surface area contributed by atoms with Crippen LogP contribution in [0.4, 0.5) is 10.5 Å². The molecule has 0 aliphatic rings. The van der Waals surface area contributed by atoms with Gasteiger partial charge in [-0.25, -0.2) is 4.79 Å². The Labute approximate surface area is 153 Å². The highest BCUT2D eigenvalue weighted by atomic mass is 35.5. The molecule has 0 aliphatic heterocycles. The number of halogens is 1. The maximum Gasteiger partial charge on any atom is 0.411 e. The lowest BCUT2D eigenvalue weighted by atomic mass is 10.2. The van der Waals surface area contributed by atoms with E-state index in [9.17, 15) is 4.79 Å². The Morgan fingerprint density at radius 2 is 1.92 bits per heavy atom. The molecule has 2 aromatic carbocycles. The normalized spacial score (nSPS) is 10.3. The molecule has 0 saturated carbocycles. The maximum absolute atomic E-state index is 11.9. The van der Waals surface area contributed by atoms with Gasteiger partial charge in [-0.1, -0.05) is 43.7 Å². The molecule has 3 aromatic rings. The molecule has 0 fully saturated rings. The van der Waals surface area contributed by atoms with Crippen molar-refractivity contribution in [3.05, 3.63) is 65.9 Å². The molecule has 1 N–H and O–H groups in total. The molecule has 0 aliphatic carbocycles. The lowest BCUT2D eigenvalue weighted by molar-refractivity contribution is 0.155. The van der Waals surface area contributed by atoms with E-state index in [4.69, 9.17) is 9.15 Å². The van der Waals surface area contributed by atoms with Gasteiger partial charge in [-0.2, -0.15) is 0 Å². The number of fused-ring (bicyclic) bond motifs is 1. The molecule has 4 nitrogen and oxygen atoms in total. The zero-order valence-electron chi connectivity index (χ0n) is 14.2. The summed E-state index contributed by atoms with van der Waals surface area (Å²) >= 11 is 0. The fourth-order valence-electron chi connectivity index (χ4n) is 2.53. The quantitative estimate of drug-likeness (QED) is 0.592. The Hall–Kier alpha value is -2.46. The summed E-state index contributed by atoms with van der Waals surface area (Å²) in [5, 5.41) is 3.74. The molecule has 132 valence electrons. The molecule has 1 aromatic heterocycles. The number of anilines is 1. The number of amides is 1. The highest BCUT2D eigenvalue weighted by Crippen LogP contribution is 2.24. The summed E-state index contributed by atoms with van der Waals surface area (Å²) in [5.74, 6) is 0.982. The topological polar surface area (TPSA) is 51.5 Å². The van der Waals surface area contributed by atoms with Crippen LogP contribution in [0.5, 0.6) is 0 Å². The van der Waals surface area contributed by atoms with Crippen molar-refractivity contribution in [1.82, 2.24) is 0 Å². The third-order valence-corrected chi connectivity index (χ3v) is 3.80. The second-order valence-corrected chi connectivity index (χ2v) is 5.76. The van der Waals surface area contributed by atoms with E-state index in [1.807, 2.05) is 54.6 Å². The zero-order valence-corrected chi connectivity index (χ0v) is 15.0. The third kappa shape index (κ3) is 5.26. The molecule has 3 rings (SSSR count).